The molecular weight excluding hydrogens is 314 g/mol. The monoisotopic (exact) mass is 335 g/mol. The van der Waals surface area contributed by atoms with Crippen LogP contribution in [0.15, 0.2) is 78.9 Å². The average molecular weight is 335 g/mol. The lowest BCUT2D eigenvalue weighted by molar-refractivity contribution is 0.185. The van der Waals surface area contributed by atoms with E-state index in [-0.39, 0.29) is 0 Å². The van der Waals surface area contributed by atoms with E-state index in [0.717, 1.165) is 22.6 Å². The van der Waals surface area contributed by atoms with Gasteiger partial charge in [0, 0.05) is 7.11 Å². The predicted molar refractivity (Wildman–Crippen MR) is 98.6 cm³/mol. The minimum absolute atomic E-state index is 0.547. The molecule has 0 aromatic heterocycles. The number of methoxy groups -OCH3 is 1. The van der Waals surface area contributed by atoms with Crippen molar-refractivity contribution in [1.29, 1.82) is 0 Å². The Hall–Kier alpha value is -2.98. The van der Waals surface area contributed by atoms with Crippen molar-refractivity contribution in [2.24, 2.45) is 0 Å². The summed E-state index contributed by atoms with van der Waals surface area (Å²) in [6.07, 6.45) is 0. The van der Waals surface area contributed by atoms with Gasteiger partial charge in [-0.2, -0.15) is 0 Å². The normalized spacial score (nSPS) is 10.3. The summed E-state index contributed by atoms with van der Waals surface area (Å²) in [5.41, 5.74) is 6.04. The molecule has 0 radical (unpaired) electrons. The van der Waals surface area contributed by atoms with E-state index >= 15 is 0 Å². The molecule has 0 fully saturated rings. The van der Waals surface area contributed by atoms with Crippen LogP contribution in [0, 0.1) is 0 Å². The van der Waals surface area contributed by atoms with Crippen LogP contribution in [0.25, 0.3) is 0 Å². The molecule has 0 heterocycles. The van der Waals surface area contributed by atoms with Gasteiger partial charge in [-0.25, -0.2) is 5.48 Å². The van der Waals surface area contributed by atoms with E-state index in [2.05, 4.69) is 5.48 Å². The molecule has 0 aliphatic heterocycles. The first-order valence-corrected chi connectivity index (χ1v) is 8.11. The van der Waals surface area contributed by atoms with Crippen molar-refractivity contribution >= 4 is 5.69 Å². The summed E-state index contributed by atoms with van der Waals surface area (Å²) in [5, 5.41) is 0. The van der Waals surface area contributed by atoms with Crippen molar-refractivity contribution in [3.63, 3.8) is 0 Å². The Morgan fingerprint density at radius 2 is 1.44 bits per heavy atom. The van der Waals surface area contributed by atoms with Gasteiger partial charge in [0.05, 0.1) is 12.3 Å². The number of hydrogen-bond acceptors (Lipinski definition) is 4. The Balaban J connectivity index is 1.51. The number of benzene rings is 3. The third-order valence-electron chi connectivity index (χ3n) is 3.60. The Kier molecular flexibility index (Phi) is 5.91. The van der Waals surface area contributed by atoms with Crippen molar-refractivity contribution in [2.45, 2.75) is 13.2 Å². The van der Waals surface area contributed by atoms with Crippen LogP contribution in [-0.4, -0.2) is 7.11 Å². The van der Waals surface area contributed by atoms with Crippen LogP contribution >= 0.6 is 0 Å². The maximum absolute atomic E-state index is 5.76. The predicted octanol–water partition coefficient (Wildman–Crippen LogP) is 4.82. The van der Waals surface area contributed by atoms with E-state index < -0.39 is 0 Å². The second-order valence-electron chi connectivity index (χ2n) is 5.58. The van der Waals surface area contributed by atoms with E-state index in [1.807, 2.05) is 78.9 Å². The van der Waals surface area contributed by atoms with Crippen LogP contribution in [0.4, 0.5) is 5.69 Å². The van der Waals surface area contributed by atoms with E-state index in [1.54, 1.807) is 7.11 Å². The molecule has 0 bridgehead atoms. The van der Waals surface area contributed by atoms with Crippen LogP contribution in [0.5, 0.6) is 11.5 Å². The molecule has 0 unspecified atom stereocenters. The quantitative estimate of drug-likeness (QED) is 0.599. The molecule has 4 heteroatoms. The number of anilines is 1. The highest BCUT2D eigenvalue weighted by molar-refractivity contribution is 5.44. The second-order valence-corrected chi connectivity index (χ2v) is 5.58. The summed E-state index contributed by atoms with van der Waals surface area (Å²) >= 11 is 0. The zero-order valence-electron chi connectivity index (χ0n) is 14.1. The van der Waals surface area contributed by atoms with Crippen LogP contribution in [0.3, 0.4) is 0 Å². The molecule has 0 amide bonds. The van der Waals surface area contributed by atoms with Crippen molar-refractivity contribution in [2.75, 3.05) is 12.6 Å². The maximum Gasteiger partial charge on any atom is 0.155 e. The zero-order chi connectivity index (χ0) is 17.3. The topological polar surface area (TPSA) is 39.7 Å². The van der Waals surface area contributed by atoms with Gasteiger partial charge in [-0.15, -0.1) is 0 Å². The first-order chi connectivity index (χ1) is 12.3. The summed E-state index contributed by atoms with van der Waals surface area (Å²) < 4.78 is 10.9. The summed E-state index contributed by atoms with van der Waals surface area (Å²) in [6, 6.07) is 25.5. The van der Waals surface area contributed by atoms with Crippen molar-refractivity contribution in [3.05, 3.63) is 90.0 Å². The number of rotatable bonds is 8. The Morgan fingerprint density at radius 1 is 0.720 bits per heavy atom. The van der Waals surface area contributed by atoms with Gasteiger partial charge < -0.3 is 14.3 Å². The van der Waals surface area contributed by atoms with Crippen LogP contribution in [-0.2, 0) is 18.0 Å². The van der Waals surface area contributed by atoms with Gasteiger partial charge in [-0.1, -0.05) is 42.5 Å². The Morgan fingerprint density at radius 3 is 2.20 bits per heavy atom. The van der Waals surface area contributed by atoms with Crippen LogP contribution in [0.2, 0.25) is 0 Å². The molecule has 4 nitrogen and oxygen atoms in total. The highest BCUT2D eigenvalue weighted by Gasteiger charge is 2.00. The summed E-state index contributed by atoms with van der Waals surface area (Å²) in [6.45, 7) is 1.12. The van der Waals surface area contributed by atoms with Crippen molar-refractivity contribution in [3.8, 4) is 11.5 Å². The highest BCUT2D eigenvalue weighted by Crippen LogP contribution is 2.20. The van der Waals surface area contributed by atoms with E-state index in [1.165, 1.54) is 0 Å². The molecule has 0 spiro atoms. The fraction of sp³-hybridized carbons (Fsp3) is 0.143. The number of nitrogens with one attached hydrogen (secondary N) is 1. The molecule has 3 rings (SSSR count). The molecule has 0 atom stereocenters. The first kappa shape index (κ1) is 16.9. The van der Waals surface area contributed by atoms with Gasteiger partial charge in [0.2, 0.25) is 0 Å². The fourth-order valence-corrected chi connectivity index (χ4v) is 2.35. The average Bonchev–Trinajstić information content (AvgIpc) is 2.67. The molecule has 0 saturated heterocycles. The molecule has 0 aliphatic rings. The van der Waals surface area contributed by atoms with Gasteiger partial charge in [-0.05, 0) is 47.5 Å². The van der Waals surface area contributed by atoms with Crippen LogP contribution in [0.1, 0.15) is 11.1 Å². The van der Waals surface area contributed by atoms with E-state index in [4.69, 9.17) is 14.3 Å². The largest absolute Gasteiger partial charge is 0.489 e. The first-order valence-electron chi connectivity index (χ1n) is 8.11. The molecule has 0 aliphatic carbocycles. The van der Waals surface area contributed by atoms with Gasteiger partial charge in [0.15, 0.2) is 5.75 Å². The molecule has 3 aromatic carbocycles. The van der Waals surface area contributed by atoms with Crippen molar-refractivity contribution < 1.29 is 14.3 Å². The smallest absolute Gasteiger partial charge is 0.155 e. The third kappa shape index (κ3) is 5.26. The second kappa shape index (κ2) is 8.76. The lowest BCUT2D eigenvalue weighted by Crippen LogP contribution is -2.05. The Labute approximate surface area is 147 Å². The standard InChI is InChI=1S/C21H21NO3/c1-23-15-18-8-5-9-19(14-18)22-25-21-12-10-20(11-13-21)24-16-17-6-3-2-4-7-17/h2-14,22H,15-16H2,1H3. The lowest BCUT2D eigenvalue weighted by Gasteiger charge is -2.10. The Bertz CT molecular complexity index is 773. The van der Waals surface area contributed by atoms with E-state index in [0.29, 0.717) is 19.0 Å². The summed E-state index contributed by atoms with van der Waals surface area (Å²) in [5.74, 6) is 1.52. The summed E-state index contributed by atoms with van der Waals surface area (Å²) in [7, 11) is 1.68. The number of ether oxygens (including phenoxy) is 2. The highest BCUT2D eigenvalue weighted by atomic mass is 16.6. The maximum atomic E-state index is 5.76. The summed E-state index contributed by atoms with van der Waals surface area (Å²) in [4.78, 5) is 5.60. The van der Waals surface area contributed by atoms with Gasteiger partial charge in [0.25, 0.3) is 0 Å². The zero-order valence-corrected chi connectivity index (χ0v) is 14.1. The third-order valence-corrected chi connectivity index (χ3v) is 3.60. The molecule has 128 valence electrons. The van der Waals surface area contributed by atoms with Crippen molar-refractivity contribution in [1.82, 2.24) is 0 Å². The molecule has 1 N–H and O–H groups in total. The molecular formula is C21H21NO3. The minimum atomic E-state index is 0.547. The minimum Gasteiger partial charge on any atom is -0.489 e. The number of hydrogen-bond donors (Lipinski definition) is 1. The molecule has 25 heavy (non-hydrogen) atoms. The van der Waals surface area contributed by atoms with E-state index in [9.17, 15) is 0 Å². The van der Waals surface area contributed by atoms with Gasteiger partial charge >= 0.3 is 0 Å². The van der Waals surface area contributed by atoms with Gasteiger partial charge in [-0.3, -0.25) is 0 Å². The van der Waals surface area contributed by atoms with Gasteiger partial charge in [0.1, 0.15) is 12.4 Å². The lowest BCUT2D eigenvalue weighted by atomic mass is 10.2. The molecule has 3 aromatic rings. The SMILES string of the molecule is COCc1cccc(NOc2ccc(OCc3ccccc3)cc2)c1. The van der Waals surface area contributed by atoms with Crippen LogP contribution < -0.4 is 15.1 Å². The molecule has 0 saturated carbocycles. The fourth-order valence-electron chi connectivity index (χ4n) is 2.35.